The number of aromatic nitrogens is 4. The molecule has 3 N–H and O–H groups in total. The Bertz CT molecular complexity index is 1490. The molecule has 0 aliphatic carbocycles. The summed E-state index contributed by atoms with van der Waals surface area (Å²) in [4.78, 5) is 37.2. The molecule has 0 aliphatic heterocycles. The molecule has 0 fully saturated rings. The molecule has 5 aromatic rings. The Balaban J connectivity index is 1.22. The number of hydrogen-bond acceptors (Lipinski definition) is 8. The normalized spacial score (nSPS) is 10.7. The first-order valence-electron chi connectivity index (χ1n) is 10.4. The molecule has 168 valence electrons. The minimum absolute atomic E-state index is 0.150. The molecule has 34 heavy (non-hydrogen) atoms. The molecule has 0 aliphatic rings. The summed E-state index contributed by atoms with van der Waals surface area (Å²) in [6.07, 6.45) is 3.14. The zero-order valence-electron chi connectivity index (χ0n) is 17.8. The highest BCUT2D eigenvalue weighted by Crippen LogP contribution is 2.20. The molecular weight excluding hydrogens is 434 g/mol. The van der Waals surface area contributed by atoms with Gasteiger partial charge in [0.05, 0.1) is 5.52 Å². The van der Waals surface area contributed by atoms with Gasteiger partial charge in [-0.05, 0) is 48.5 Å². The Hall–Kier alpha value is -4.99. The van der Waals surface area contributed by atoms with Crippen LogP contribution in [-0.2, 0) is 11.3 Å². The van der Waals surface area contributed by atoms with E-state index in [9.17, 15) is 9.59 Å². The molecule has 0 saturated carbocycles. The van der Waals surface area contributed by atoms with E-state index in [-0.39, 0.29) is 12.5 Å². The van der Waals surface area contributed by atoms with E-state index in [0.717, 1.165) is 5.69 Å². The second kappa shape index (κ2) is 9.25. The van der Waals surface area contributed by atoms with Gasteiger partial charge in [0.25, 0.3) is 0 Å². The predicted molar refractivity (Wildman–Crippen MR) is 128 cm³/mol. The van der Waals surface area contributed by atoms with Crippen LogP contribution in [0, 0.1) is 0 Å². The van der Waals surface area contributed by atoms with Crippen LogP contribution < -0.4 is 21.7 Å². The Labute approximate surface area is 193 Å². The summed E-state index contributed by atoms with van der Waals surface area (Å²) in [5.41, 5.74) is 2.39. The van der Waals surface area contributed by atoms with E-state index in [2.05, 4.69) is 30.9 Å². The van der Waals surface area contributed by atoms with E-state index in [4.69, 9.17) is 4.42 Å². The number of carbonyl (C=O) groups is 1. The van der Waals surface area contributed by atoms with Gasteiger partial charge in [-0.1, -0.05) is 18.2 Å². The first kappa shape index (κ1) is 20.9. The maximum atomic E-state index is 12.5. The molecule has 0 saturated heterocycles. The third kappa shape index (κ3) is 4.75. The van der Waals surface area contributed by atoms with Crippen molar-refractivity contribution < 1.29 is 9.21 Å². The smallest absolute Gasteiger partial charge is 0.408 e. The lowest BCUT2D eigenvalue weighted by Gasteiger charge is -2.10. The average Bonchev–Trinajstić information content (AvgIpc) is 3.16. The second-order valence-corrected chi connectivity index (χ2v) is 7.30. The number of benzene rings is 2. The molecule has 0 spiro atoms. The van der Waals surface area contributed by atoms with Gasteiger partial charge in [-0.2, -0.15) is 0 Å². The van der Waals surface area contributed by atoms with Gasteiger partial charge in [0.1, 0.15) is 30.3 Å². The number of nitrogens with one attached hydrogen (secondary N) is 3. The van der Waals surface area contributed by atoms with E-state index in [1.54, 1.807) is 48.7 Å². The number of oxazole rings is 1. The van der Waals surface area contributed by atoms with Gasteiger partial charge < -0.3 is 20.4 Å². The first-order chi connectivity index (χ1) is 16.6. The van der Waals surface area contributed by atoms with Crippen LogP contribution >= 0.6 is 0 Å². The van der Waals surface area contributed by atoms with Crippen LogP contribution in [0.25, 0.3) is 11.1 Å². The molecule has 3 aromatic heterocycles. The molecule has 2 aromatic carbocycles. The highest BCUT2D eigenvalue weighted by atomic mass is 16.4. The van der Waals surface area contributed by atoms with Crippen molar-refractivity contribution in [2.75, 3.05) is 16.0 Å². The van der Waals surface area contributed by atoms with Gasteiger partial charge in [-0.25, -0.2) is 19.7 Å². The Morgan fingerprint density at radius 2 is 1.56 bits per heavy atom. The van der Waals surface area contributed by atoms with Crippen molar-refractivity contribution in [1.29, 1.82) is 0 Å². The monoisotopic (exact) mass is 453 g/mol. The van der Waals surface area contributed by atoms with Crippen LogP contribution in [-0.4, -0.2) is 25.4 Å². The fourth-order valence-corrected chi connectivity index (χ4v) is 3.35. The van der Waals surface area contributed by atoms with Gasteiger partial charge in [0, 0.05) is 23.6 Å². The molecule has 5 rings (SSSR count). The zero-order chi connectivity index (χ0) is 23.3. The Morgan fingerprint density at radius 3 is 2.35 bits per heavy atom. The molecule has 10 heteroatoms. The lowest BCUT2D eigenvalue weighted by Crippen LogP contribution is -2.24. The molecular formula is C24H19N7O3. The van der Waals surface area contributed by atoms with Crippen molar-refractivity contribution in [3.8, 4) is 0 Å². The molecule has 0 radical (unpaired) electrons. The SMILES string of the molecule is O=C(Cn1c(=O)oc2ccccc21)Nc1ccc(Nc2cc(Nc3ccccn3)ncn2)cc1. The van der Waals surface area contributed by atoms with E-state index >= 15 is 0 Å². The maximum absolute atomic E-state index is 12.5. The molecule has 0 unspecified atom stereocenters. The standard InChI is InChI=1S/C24H19N7O3/c32-23(14-31-18-5-1-2-6-19(18)34-24(31)33)29-17-10-8-16(9-11-17)28-21-13-22(27-15-26-21)30-20-7-3-4-12-25-20/h1-13,15H,14H2,(H,29,32)(H2,25,26,27,28,30). The predicted octanol–water partition coefficient (Wildman–Crippen LogP) is 3.91. The first-order valence-corrected chi connectivity index (χ1v) is 10.4. The van der Waals surface area contributed by atoms with Crippen molar-refractivity contribution in [2.24, 2.45) is 0 Å². The maximum Gasteiger partial charge on any atom is 0.420 e. The van der Waals surface area contributed by atoms with E-state index in [1.165, 1.54) is 10.9 Å². The summed E-state index contributed by atoms with van der Waals surface area (Å²) >= 11 is 0. The molecule has 1 amide bonds. The number of fused-ring (bicyclic) bond motifs is 1. The summed E-state index contributed by atoms with van der Waals surface area (Å²) in [6, 6.07) is 21.4. The third-order valence-corrected chi connectivity index (χ3v) is 4.90. The number of pyridine rings is 1. The van der Waals surface area contributed by atoms with Crippen LogP contribution in [0.15, 0.2) is 94.5 Å². The average molecular weight is 453 g/mol. The van der Waals surface area contributed by atoms with Gasteiger partial charge in [-0.15, -0.1) is 0 Å². The zero-order valence-corrected chi connectivity index (χ0v) is 17.8. The number of hydrogen-bond donors (Lipinski definition) is 3. The number of rotatable bonds is 7. The molecule has 0 bridgehead atoms. The number of anilines is 5. The molecule has 3 heterocycles. The molecule has 10 nitrogen and oxygen atoms in total. The Kier molecular flexibility index (Phi) is 5.68. The van der Waals surface area contributed by atoms with Crippen LogP contribution in [0.4, 0.5) is 28.8 Å². The van der Waals surface area contributed by atoms with Gasteiger partial charge in [-0.3, -0.25) is 9.36 Å². The van der Waals surface area contributed by atoms with Crippen molar-refractivity contribution >= 4 is 45.8 Å². The number of carbonyl (C=O) groups excluding carboxylic acids is 1. The summed E-state index contributed by atoms with van der Waals surface area (Å²) < 4.78 is 6.46. The van der Waals surface area contributed by atoms with Gasteiger partial charge in [0.15, 0.2) is 5.58 Å². The van der Waals surface area contributed by atoms with Gasteiger partial charge >= 0.3 is 5.76 Å². The van der Waals surface area contributed by atoms with Crippen LogP contribution in [0.3, 0.4) is 0 Å². The third-order valence-electron chi connectivity index (χ3n) is 4.90. The number of amides is 1. The summed E-state index contributed by atoms with van der Waals surface area (Å²) in [5, 5.41) is 9.09. The fourth-order valence-electron chi connectivity index (χ4n) is 3.35. The van der Waals surface area contributed by atoms with Crippen molar-refractivity contribution in [1.82, 2.24) is 19.5 Å². The van der Waals surface area contributed by atoms with E-state index < -0.39 is 5.76 Å². The fraction of sp³-hybridized carbons (Fsp3) is 0.0417. The second-order valence-electron chi connectivity index (χ2n) is 7.30. The lowest BCUT2D eigenvalue weighted by molar-refractivity contribution is -0.116. The topological polar surface area (TPSA) is 127 Å². The van der Waals surface area contributed by atoms with Crippen LogP contribution in [0.5, 0.6) is 0 Å². The van der Waals surface area contributed by atoms with E-state index in [1.807, 2.05) is 30.3 Å². The van der Waals surface area contributed by atoms with Crippen molar-refractivity contribution in [2.45, 2.75) is 6.54 Å². The summed E-state index contributed by atoms with van der Waals surface area (Å²) in [7, 11) is 0. The van der Waals surface area contributed by atoms with Crippen molar-refractivity contribution in [3.63, 3.8) is 0 Å². The van der Waals surface area contributed by atoms with Crippen LogP contribution in [0.1, 0.15) is 0 Å². The number of para-hydroxylation sites is 2. The molecule has 0 atom stereocenters. The van der Waals surface area contributed by atoms with E-state index in [0.29, 0.717) is 34.2 Å². The summed E-state index contributed by atoms with van der Waals surface area (Å²) in [5.74, 6) is 0.963. The van der Waals surface area contributed by atoms with Crippen molar-refractivity contribution in [3.05, 3.63) is 95.9 Å². The lowest BCUT2D eigenvalue weighted by atomic mass is 10.2. The highest BCUT2D eigenvalue weighted by Gasteiger charge is 2.12. The minimum Gasteiger partial charge on any atom is -0.408 e. The largest absolute Gasteiger partial charge is 0.420 e. The van der Waals surface area contributed by atoms with Crippen LogP contribution in [0.2, 0.25) is 0 Å². The number of nitrogens with zero attached hydrogens (tertiary/aromatic N) is 4. The minimum atomic E-state index is -0.572. The van der Waals surface area contributed by atoms with Gasteiger partial charge in [0.2, 0.25) is 5.91 Å². The summed E-state index contributed by atoms with van der Waals surface area (Å²) in [6.45, 7) is -0.150. The quantitative estimate of drug-likeness (QED) is 0.339. The highest BCUT2D eigenvalue weighted by molar-refractivity contribution is 5.91. The Morgan fingerprint density at radius 1 is 0.824 bits per heavy atom.